The minimum atomic E-state index is -0.714. The molecule has 0 saturated carbocycles. The van der Waals surface area contributed by atoms with E-state index in [1.54, 1.807) is 13.8 Å². The molecule has 0 spiro atoms. The van der Waals surface area contributed by atoms with E-state index in [0.29, 0.717) is 30.3 Å². The Labute approximate surface area is 164 Å². The van der Waals surface area contributed by atoms with Crippen LogP contribution in [0.5, 0.6) is 5.75 Å². The monoisotopic (exact) mass is 384 g/mol. The van der Waals surface area contributed by atoms with Crippen molar-refractivity contribution < 1.29 is 23.7 Å². The van der Waals surface area contributed by atoms with Gasteiger partial charge in [-0.05, 0) is 19.9 Å². The number of nitrogens with two attached hydrogens (primary N) is 1. The highest BCUT2D eigenvalue weighted by Crippen LogP contribution is 2.43. The average Bonchev–Trinajstić information content (AvgIpc) is 2.69. The molecule has 1 fully saturated rings. The van der Waals surface area contributed by atoms with Crippen molar-refractivity contribution >= 4 is 5.97 Å². The second-order valence-corrected chi connectivity index (χ2v) is 6.58. The van der Waals surface area contributed by atoms with E-state index in [9.17, 15) is 10.1 Å². The second-order valence-electron chi connectivity index (χ2n) is 6.58. The van der Waals surface area contributed by atoms with Crippen molar-refractivity contribution in [3.8, 4) is 11.8 Å². The van der Waals surface area contributed by atoms with Crippen LogP contribution in [0.15, 0.2) is 47.1 Å². The van der Waals surface area contributed by atoms with Gasteiger partial charge in [-0.3, -0.25) is 0 Å². The highest BCUT2D eigenvalue weighted by Gasteiger charge is 2.38. The van der Waals surface area contributed by atoms with E-state index in [2.05, 4.69) is 6.07 Å². The minimum absolute atomic E-state index is 0.0118. The molecule has 2 aliphatic heterocycles. The van der Waals surface area contributed by atoms with E-state index in [1.807, 2.05) is 24.3 Å². The molecule has 2 aliphatic rings. The first kappa shape index (κ1) is 19.8. The third kappa shape index (κ3) is 3.97. The number of nitrogens with zero attached hydrogens (tertiary/aromatic N) is 1. The summed E-state index contributed by atoms with van der Waals surface area (Å²) >= 11 is 0. The van der Waals surface area contributed by atoms with E-state index >= 15 is 0 Å². The summed E-state index contributed by atoms with van der Waals surface area (Å²) in [5.74, 6) is -0.337. The van der Waals surface area contributed by atoms with Crippen LogP contribution in [0.4, 0.5) is 0 Å². The Kier molecular flexibility index (Phi) is 6.22. The maximum Gasteiger partial charge on any atom is 0.338 e. The van der Waals surface area contributed by atoms with Gasteiger partial charge < -0.3 is 24.7 Å². The first-order chi connectivity index (χ1) is 13.6. The zero-order chi connectivity index (χ0) is 20.1. The third-order valence-electron chi connectivity index (χ3n) is 4.79. The number of carbonyl (C=O) groups is 1. The lowest BCUT2D eigenvalue weighted by atomic mass is 9.82. The van der Waals surface area contributed by atoms with E-state index in [1.165, 1.54) is 0 Å². The summed E-state index contributed by atoms with van der Waals surface area (Å²) in [6, 6.07) is 9.46. The molecule has 2 heterocycles. The molecule has 1 aromatic carbocycles. The van der Waals surface area contributed by atoms with Gasteiger partial charge in [0.2, 0.25) is 5.88 Å². The molecule has 148 valence electrons. The number of nitriles is 1. The maximum atomic E-state index is 12.7. The lowest BCUT2D eigenvalue weighted by molar-refractivity contribution is -0.139. The van der Waals surface area contributed by atoms with Crippen LogP contribution in [0.1, 0.15) is 38.2 Å². The molecule has 0 bridgehead atoms. The van der Waals surface area contributed by atoms with Crippen molar-refractivity contribution in [3.63, 3.8) is 0 Å². The van der Waals surface area contributed by atoms with Crippen molar-refractivity contribution in [2.45, 2.75) is 38.7 Å². The minimum Gasteiger partial charge on any atom is -0.490 e. The fraction of sp³-hybridized carbons (Fsp3) is 0.429. The summed E-state index contributed by atoms with van der Waals surface area (Å²) in [6.45, 7) is 4.87. The van der Waals surface area contributed by atoms with Crippen LogP contribution in [0, 0.1) is 11.3 Å². The number of allylic oxidation sites excluding steroid dienone is 2. The summed E-state index contributed by atoms with van der Waals surface area (Å²) in [5.41, 5.74) is 7.07. The van der Waals surface area contributed by atoms with E-state index < -0.39 is 11.9 Å². The standard InChI is InChI=1S/C21H24N2O5/c1-3-26-21(24)18-13(2)27-20(23)16(12-22)19(18)15-6-4-5-7-17(15)28-14-8-10-25-11-9-14/h4-7,14,19H,3,8-11,23H2,1-2H3. The van der Waals surface area contributed by atoms with Crippen LogP contribution < -0.4 is 10.5 Å². The van der Waals surface area contributed by atoms with Gasteiger partial charge in [0.25, 0.3) is 0 Å². The molecule has 1 saturated heterocycles. The highest BCUT2D eigenvalue weighted by molar-refractivity contribution is 5.92. The molecule has 3 rings (SSSR count). The van der Waals surface area contributed by atoms with E-state index in [0.717, 1.165) is 12.8 Å². The maximum absolute atomic E-state index is 12.7. The fourth-order valence-electron chi connectivity index (χ4n) is 3.47. The molecule has 0 aromatic heterocycles. The van der Waals surface area contributed by atoms with E-state index in [-0.39, 0.29) is 29.7 Å². The molecule has 0 aliphatic carbocycles. The molecule has 1 unspecified atom stereocenters. The molecule has 0 amide bonds. The van der Waals surface area contributed by atoms with Crippen molar-refractivity contribution in [2.24, 2.45) is 5.73 Å². The van der Waals surface area contributed by atoms with Gasteiger partial charge in [-0.2, -0.15) is 5.26 Å². The molecular formula is C21H24N2O5. The number of esters is 1. The van der Waals surface area contributed by atoms with Crippen molar-refractivity contribution in [3.05, 3.63) is 52.6 Å². The lowest BCUT2D eigenvalue weighted by Crippen LogP contribution is -2.28. The number of hydrogen-bond acceptors (Lipinski definition) is 7. The molecule has 7 heteroatoms. The Bertz CT molecular complexity index is 847. The van der Waals surface area contributed by atoms with Crippen LogP contribution in [-0.4, -0.2) is 31.9 Å². The molecule has 28 heavy (non-hydrogen) atoms. The Morgan fingerprint density at radius 2 is 2.04 bits per heavy atom. The summed E-state index contributed by atoms with van der Waals surface area (Å²) in [6.07, 6.45) is 1.58. The predicted octanol–water partition coefficient (Wildman–Crippen LogP) is 2.89. The van der Waals surface area contributed by atoms with E-state index in [4.69, 9.17) is 24.7 Å². The van der Waals surface area contributed by atoms with Gasteiger partial charge in [-0.25, -0.2) is 4.79 Å². The van der Waals surface area contributed by atoms with Crippen LogP contribution in [0.3, 0.4) is 0 Å². The summed E-state index contributed by atoms with van der Waals surface area (Å²) < 4.78 is 22.3. The van der Waals surface area contributed by atoms with Gasteiger partial charge in [-0.1, -0.05) is 18.2 Å². The first-order valence-electron chi connectivity index (χ1n) is 9.35. The Morgan fingerprint density at radius 1 is 1.32 bits per heavy atom. The number of rotatable bonds is 5. The number of ether oxygens (including phenoxy) is 4. The molecule has 1 atom stereocenters. The quantitative estimate of drug-likeness (QED) is 0.778. The van der Waals surface area contributed by atoms with Gasteiger partial charge in [0.05, 0.1) is 31.3 Å². The molecule has 2 N–H and O–H groups in total. The first-order valence-corrected chi connectivity index (χ1v) is 9.35. The molecule has 1 aromatic rings. The Morgan fingerprint density at radius 3 is 2.71 bits per heavy atom. The Balaban J connectivity index is 2.06. The van der Waals surface area contributed by atoms with Gasteiger partial charge >= 0.3 is 5.97 Å². The zero-order valence-electron chi connectivity index (χ0n) is 16.1. The predicted molar refractivity (Wildman–Crippen MR) is 101 cm³/mol. The number of benzene rings is 1. The van der Waals surface area contributed by atoms with Crippen molar-refractivity contribution in [1.29, 1.82) is 5.26 Å². The summed E-state index contributed by atoms with van der Waals surface area (Å²) in [7, 11) is 0. The van der Waals surface area contributed by atoms with Crippen LogP contribution in [0.2, 0.25) is 0 Å². The molecule has 0 radical (unpaired) electrons. The normalized spacial score (nSPS) is 20.4. The topological polar surface area (TPSA) is 104 Å². The number of carbonyl (C=O) groups excluding carboxylic acids is 1. The average molecular weight is 384 g/mol. The highest BCUT2D eigenvalue weighted by atomic mass is 16.5. The van der Waals surface area contributed by atoms with Crippen molar-refractivity contribution in [2.75, 3.05) is 19.8 Å². The van der Waals surface area contributed by atoms with Gasteiger partial charge in [-0.15, -0.1) is 0 Å². The van der Waals surface area contributed by atoms with Crippen LogP contribution in [-0.2, 0) is 19.0 Å². The second kappa shape index (κ2) is 8.81. The SMILES string of the molecule is CCOC(=O)C1=C(C)OC(N)=C(C#N)C1c1ccccc1OC1CCOCC1. The fourth-order valence-corrected chi connectivity index (χ4v) is 3.47. The van der Waals surface area contributed by atoms with Crippen molar-refractivity contribution in [1.82, 2.24) is 0 Å². The smallest absolute Gasteiger partial charge is 0.338 e. The lowest BCUT2D eigenvalue weighted by Gasteiger charge is -2.30. The van der Waals surface area contributed by atoms with Gasteiger partial charge in [0.15, 0.2) is 0 Å². The Hall–Kier alpha value is -2.98. The summed E-state index contributed by atoms with van der Waals surface area (Å²) in [5, 5.41) is 9.72. The van der Waals surface area contributed by atoms with Gasteiger partial charge in [0, 0.05) is 18.4 Å². The van der Waals surface area contributed by atoms with Crippen LogP contribution in [0.25, 0.3) is 0 Å². The van der Waals surface area contributed by atoms with Crippen LogP contribution >= 0.6 is 0 Å². The summed E-state index contributed by atoms with van der Waals surface area (Å²) in [4.78, 5) is 12.7. The molecular weight excluding hydrogens is 360 g/mol. The number of hydrogen-bond donors (Lipinski definition) is 1. The third-order valence-corrected chi connectivity index (χ3v) is 4.79. The van der Waals surface area contributed by atoms with Gasteiger partial charge in [0.1, 0.15) is 29.3 Å². The number of para-hydroxylation sites is 1. The molecule has 7 nitrogen and oxygen atoms in total. The zero-order valence-corrected chi connectivity index (χ0v) is 16.1. The largest absolute Gasteiger partial charge is 0.490 e.